The van der Waals surface area contributed by atoms with E-state index in [-0.39, 0.29) is 0 Å². The van der Waals surface area contributed by atoms with Crippen LogP contribution in [-0.2, 0) is 6.54 Å². The van der Waals surface area contributed by atoms with Crippen LogP contribution < -0.4 is 5.32 Å². The minimum absolute atomic E-state index is 0.491. The van der Waals surface area contributed by atoms with Gasteiger partial charge in [0, 0.05) is 16.3 Å². The summed E-state index contributed by atoms with van der Waals surface area (Å²) in [5.41, 5.74) is 1.89. The largest absolute Gasteiger partial charge is 0.376 e. The fourth-order valence-electron chi connectivity index (χ4n) is 1.78. The number of nitrogens with zero attached hydrogens (tertiary/aromatic N) is 2. The summed E-state index contributed by atoms with van der Waals surface area (Å²) in [5, 5.41) is 7.86. The third kappa shape index (κ3) is 2.97. The van der Waals surface area contributed by atoms with Crippen molar-refractivity contribution in [3.8, 4) is 11.4 Å². The molecule has 0 atom stereocenters. The van der Waals surface area contributed by atoms with Gasteiger partial charge in [-0.15, -0.1) is 0 Å². The van der Waals surface area contributed by atoms with Gasteiger partial charge in [0.05, 0.1) is 6.54 Å². The average Bonchev–Trinajstić information content (AvgIpc) is 2.96. The van der Waals surface area contributed by atoms with Gasteiger partial charge in [0.15, 0.2) is 0 Å². The first kappa shape index (κ1) is 12.7. The number of hydrogen-bond acceptors (Lipinski definition) is 4. The van der Waals surface area contributed by atoms with Crippen molar-refractivity contribution in [2.24, 2.45) is 0 Å². The van der Waals surface area contributed by atoms with Crippen molar-refractivity contribution < 1.29 is 4.52 Å². The number of halogens is 1. The Hall–Kier alpha value is -2.33. The standard InChI is InChI=1S/C15H12ClN3O/c16-12-8-6-11(7-9-12)15-18-14(20-19-15)10-17-13-4-2-1-3-5-13/h1-9,17H,10H2. The van der Waals surface area contributed by atoms with Crippen LogP contribution >= 0.6 is 11.6 Å². The molecular weight excluding hydrogens is 274 g/mol. The summed E-state index contributed by atoms with van der Waals surface area (Å²) in [6, 6.07) is 17.2. The van der Waals surface area contributed by atoms with Crippen LogP contribution in [0.4, 0.5) is 5.69 Å². The highest BCUT2D eigenvalue weighted by Crippen LogP contribution is 2.19. The molecule has 5 heteroatoms. The number of anilines is 1. The quantitative estimate of drug-likeness (QED) is 0.787. The van der Waals surface area contributed by atoms with Crippen LogP contribution in [0.3, 0.4) is 0 Å². The molecule has 3 rings (SSSR count). The Kier molecular flexibility index (Phi) is 3.65. The van der Waals surface area contributed by atoms with Crippen molar-refractivity contribution in [3.63, 3.8) is 0 Å². The Morgan fingerprint density at radius 3 is 2.50 bits per heavy atom. The lowest BCUT2D eigenvalue weighted by Gasteiger charge is -2.01. The molecule has 0 fully saturated rings. The van der Waals surface area contributed by atoms with Crippen LogP contribution in [0.5, 0.6) is 0 Å². The number of nitrogens with one attached hydrogen (secondary N) is 1. The highest BCUT2D eigenvalue weighted by Gasteiger charge is 2.08. The summed E-state index contributed by atoms with van der Waals surface area (Å²) >= 11 is 5.85. The molecule has 0 bridgehead atoms. The van der Waals surface area contributed by atoms with Crippen molar-refractivity contribution >= 4 is 17.3 Å². The van der Waals surface area contributed by atoms with Crippen LogP contribution in [0.1, 0.15) is 5.89 Å². The fraction of sp³-hybridized carbons (Fsp3) is 0.0667. The molecule has 0 radical (unpaired) electrons. The Balaban J connectivity index is 1.69. The minimum atomic E-state index is 0.491. The maximum atomic E-state index is 5.85. The number of rotatable bonds is 4. The lowest BCUT2D eigenvalue weighted by molar-refractivity contribution is 0.384. The second-order valence-electron chi connectivity index (χ2n) is 4.24. The molecule has 100 valence electrons. The number of aromatic nitrogens is 2. The van der Waals surface area contributed by atoms with Crippen LogP contribution in [0.2, 0.25) is 5.02 Å². The zero-order chi connectivity index (χ0) is 13.8. The number of para-hydroxylation sites is 1. The second-order valence-corrected chi connectivity index (χ2v) is 4.67. The summed E-state index contributed by atoms with van der Waals surface area (Å²) in [6.07, 6.45) is 0. The maximum absolute atomic E-state index is 5.85. The number of hydrogen-bond donors (Lipinski definition) is 1. The van der Waals surface area contributed by atoms with Crippen molar-refractivity contribution in [2.45, 2.75) is 6.54 Å². The molecule has 3 aromatic rings. The van der Waals surface area contributed by atoms with Crippen molar-refractivity contribution in [2.75, 3.05) is 5.32 Å². The summed E-state index contributed by atoms with van der Waals surface area (Å²) in [6.45, 7) is 0.491. The van der Waals surface area contributed by atoms with E-state index in [4.69, 9.17) is 16.1 Å². The van der Waals surface area contributed by atoms with Gasteiger partial charge < -0.3 is 9.84 Å². The molecule has 0 aliphatic rings. The monoisotopic (exact) mass is 285 g/mol. The third-order valence-electron chi connectivity index (χ3n) is 2.79. The van der Waals surface area contributed by atoms with Gasteiger partial charge in [-0.05, 0) is 36.4 Å². The summed E-state index contributed by atoms with van der Waals surface area (Å²) in [4.78, 5) is 4.34. The first-order chi connectivity index (χ1) is 9.81. The molecule has 0 saturated heterocycles. The van der Waals surface area contributed by atoms with Crippen molar-refractivity contribution in [1.82, 2.24) is 10.1 Å². The molecule has 0 spiro atoms. The predicted octanol–water partition coefficient (Wildman–Crippen LogP) is 4.00. The summed E-state index contributed by atoms with van der Waals surface area (Å²) in [7, 11) is 0. The normalized spacial score (nSPS) is 10.4. The molecule has 0 saturated carbocycles. The van der Waals surface area contributed by atoms with Crippen LogP contribution in [0.25, 0.3) is 11.4 Å². The molecule has 4 nitrogen and oxygen atoms in total. The Labute approximate surface area is 121 Å². The first-order valence-electron chi connectivity index (χ1n) is 6.19. The predicted molar refractivity (Wildman–Crippen MR) is 78.5 cm³/mol. The van der Waals surface area contributed by atoms with Gasteiger partial charge in [0.2, 0.25) is 11.7 Å². The molecule has 0 aliphatic heterocycles. The Morgan fingerprint density at radius 1 is 1.00 bits per heavy atom. The molecule has 20 heavy (non-hydrogen) atoms. The van der Waals surface area contributed by atoms with Crippen LogP contribution in [0, 0.1) is 0 Å². The highest BCUT2D eigenvalue weighted by atomic mass is 35.5. The molecule has 1 aromatic heterocycles. The van der Waals surface area contributed by atoms with Gasteiger partial charge in [-0.2, -0.15) is 4.98 Å². The minimum Gasteiger partial charge on any atom is -0.376 e. The lowest BCUT2D eigenvalue weighted by Crippen LogP contribution is -1.99. The highest BCUT2D eigenvalue weighted by molar-refractivity contribution is 6.30. The van der Waals surface area contributed by atoms with E-state index in [0.29, 0.717) is 23.3 Å². The Bertz CT molecular complexity index is 680. The summed E-state index contributed by atoms with van der Waals surface area (Å²) in [5.74, 6) is 1.10. The topological polar surface area (TPSA) is 51.0 Å². The molecule has 1 N–H and O–H groups in total. The number of benzene rings is 2. The molecule has 1 heterocycles. The van der Waals surface area contributed by atoms with Crippen molar-refractivity contribution in [3.05, 3.63) is 65.5 Å². The fourth-order valence-corrected chi connectivity index (χ4v) is 1.90. The molecule has 0 aliphatic carbocycles. The zero-order valence-electron chi connectivity index (χ0n) is 10.6. The van der Waals surface area contributed by atoms with Crippen LogP contribution in [0.15, 0.2) is 59.1 Å². The van der Waals surface area contributed by atoms with E-state index in [2.05, 4.69) is 15.5 Å². The van der Waals surface area contributed by atoms with E-state index in [0.717, 1.165) is 11.3 Å². The van der Waals surface area contributed by atoms with Crippen molar-refractivity contribution in [1.29, 1.82) is 0 Å². The molecule has 0 unspecified atom stereocenters. The molecule has 2 aromatic carbocycles. The average molecular weight is 286 g/mol. The van der Waals surface area contributed by atoms with E-state index < -0.39 is 0 Å². The smallest absolute Gasteiger partial charge is 0.246 e. The zero-order valence-corrected chi connectivity index (χ0v) is 11.3. The van der Waals surface area contributed by atoms with E-state index in [1.54, 1.807) is 12.1 Å². The van der Waals surface area contributed by atoms with Gasteiger partial charge in [-0.1, -0.05) is 35.0 Å². The molecular formula is C15H12ClN3O. The van der Waals surface area contributed by atoms with Gasteiger partial charge >= 0.3 is 0 Å². The summed E-state index contributed by atoms with van der Waals surface area (Å²) < 4.78 is 5.21. The maximum Gasteiger partial charge on any atom is 0.246 e. The van der Waals surface area contributed by atoms with E-state index in [1.165, 1.54) is 0 Å². The van der Waals surface area contributed by atoms with Crippen LogP contribution in [-0.4, -0.2) is 10.1 Å². The van der Waals surface area contributed by atoms with Gasteiger partial charge in [0.25, 0.3) is 0 Å². The molecule has 0 amide bonds. The van der Waals surface area contributed by atoms with Gasteiger partial charge in [0.1, 0.15) is 0 Å². The second kappa shape index (κ2) is 5.75. The third-order valence-corrected chi connectivity index (χ3v) is 3.04. The Morgan fingerprint density at radius 2 is 1.75 bits per heavy atom. The SMILES string of the molecule is Clc1ccc(-c2noc(CNc3ccccc3)n2)cc1. The van der Waals surface area contributed by atoms with Gasteiger partial charge in [-0.3, -0.25) is 0 Å². The van der Waals surface area contributed by atoms with Gasteiger partial charge in [-0.25, -0.2) is 0 Å². The lowest BCUT2D eigenvalue weighted by atomic mass is 10.2. The van der Waals surface area contributed by atoms with E-state index >= 15 is 0 Å². The van der Waals surface area contributed by atoms with E-state index in [1.807, 2.05) is 42.5 Å². The first-order valence-corrected chi connectivity index (χ1v) is 6.56. The van der Waals surface area contributed by atoms with E-state index in [9.17, 15) is 0 Å².